The van der Waals surface area contributed by atoms with Gasteiger partial charge in [-0.05, 0) is 52.3 Å². The third kappa shape index (κ3) is 5.56. The zero-order valence-corrected chi connectivity index (χ0v) is 20.9. The Labute approximate surface area is 195 Å². The van der Waals surface area contributed by atoms with Crippen LogP contribution in [0.2, 0.25) is 0 Å². The SMILES string of the molecule is CC(C)(C)c1c(Nc2ccc(I)cc2)nc(S(C)(=O)=O)nc1N1CCN(C(=O)O)CC1. The smallest absolute Gasteiger partial charge is 0.407 e. The van der Waals surface area contributed by atoms with Gasteiger partial charge in [0.2, 0.25) is 9.84 Å². The second-order valence-electron chi connectivity index (χ2n) is 8.46. The summed E-state index contributed by atoms with van der Waals surface area (Å²) in [6, 6.07) is 7.71. The van der Waals surface area contributed by atoms with Crippen molar-refractivity contribution in [3.63, 3.8) is 0 Å². The van der Waals surface area contributed by atoms with Crippen LogP contribution in [0.25, 0.3) is 0 Å². The fraction of sp³-hybridized carbons (Fsp3) is 0.450. The van der Waals surface area contributed by atoms with Crippen LogP contribution in [0.1, 0.15) is 26.3 Å². The normalized spacial score (nSPS) is 15.1. The summed E-state index contributed by atoms with van der Waals surface area (Å²) in [5, 5.41) is 12.3. The van der Waals surface area contributed by atoms with Crippen LogP contribution < -0.4 is 10.2 Å². The minimum atomic E-state index is -3.67. The highest BCUT2D eigenvalue weighted by molar-refractivity contribution is 14.1. The lowest BCUT2D eigenvalue weighted by atomic mass is 9.86. The molecule has 3 rings (SSSR count). The maximum absolute atomic E-state index is 12.4. The van der Waals surface area contributed by atoms with Gasteiger partial charge in [-0.15, -0.1) is 0 Å². The molecule has 0 unspecified atom stereocenters. The van der Waals surface area contributed by atoms with E-state index < -0.39 is 21.3 Å². The maximum atomic E-state index is 12.4. The number of hydrogen-bond acceptors (Lipinski definition) is 7. The third-order valence-corrected chi connectivity index (χ3v) is 6.47. The zero-order chi connectivity index (χ0) is 23.0. The summed E-state index contributed by atoms with van der Waals surface area (Å²) in [6.45, 7) is 7.51. The summed E-state index contributed by atoms with van der Waals surface area (Å²) in [5.74, 6) is 0.945. The zero-order valence-electron chi connectivity index (χ0n) is 17.9. The first-order valence-corrected chi connectivity index (χ1v) is 12.7. The third-order valence-electron chi connectivity index (χ3n) is 4.91. The van der Waals surface area contributed by atoms with Crippen molar-refractivity contribution in [3.8, 4) is 0 Å². The standard InChI is InChI=1S/C20H26IN5O4S/c1-20(2,3)15-16(22-14-7-5-13(21)6-8-14)23-18(31(4,29)30)24-17(15)25-9-11-26(12-10-25)19(27)28/h5-8H,9-12H2,1-4H3,(H,27,28)(H,22,23,24). The average Bonchev–Trinajstić information content (AvgIpc) is 2.67. The van der Waals surface area contributed by atoms with Gasteiger partial charge in [-0.25, -0.2) is 23.2 Å². The highest BCUT2D eigenvalue weighted by Crippen LogP contribution is 2.38. The van der Waals surface area contributed by atoms with Crippen molar-refractivity contribution in [3.05, 3.63) is 33.4 Å². The highest BCUT2D eigenvalue weighted by atomic mass is 127. The van der Waals surface area contributed by atoms with Gasteiger partial charge in [0.05, 0.1) is 0 Å². The van der Waals surface area contributed by atoms with Crippen LogP contribution >= 0.6 is 22.6 Å². The number of hydrogen-bond donors (Lipinski definition) is 2. The molecule has 1 aromatic heterocycles. The van der Waals surface area contributed by atoms with Crippen molar-refractivity contribution < 1.29 is 18.3 Å². The summed E-state index contributed by atoms with van der Waals surface area (Å²) in [6.07, 6.45) is 0.121. The molecule has 1 amide bonds. The molecule has 0 spiro atoms. The van der Waals surface area contributed by atoms with Crippen LogP contribution in [-0.4, -0.2) is 66.9 Å². The molecule has 11 heteroatoms. The molecule has 0 radical (unpaired) electrons. The van der Waals surface area contributed by atoms with Crippen LogP contribution in [0.3, 0.4) is 0 Å². The molecule has 31 heavy (non-hydrogen) atoms. The molecular weight excluding hydrogens is 533 g/mol. The molecule has 9 nitrogen and oxygen atoms in total. The molecule has 2 heterocycles. The molecule has 2 aromatic rings. The van der Waals surface area contributed by atoms with Crippen molar-refractivity contribution in [1.82, 2.24) is 14.9 Å². The number of nitrogens with zero attached hydrogens (tertiary/aromatic N) is 4. The first kappa shape index (κ1) is 23.5. The van der Waals surface area contributed by atoms with Gasteiger partial charge in [-0.3, -0.25) is 0 Å². The highest BCUT2D eigenvalue weighted by Gasteiger charge is 2.32. The van der Waals surface area contributed by atoms with Gasteiger partial charge in [-0.2, -0.15) is 0 Å². The van der Waals surface area contributed by atoms with Crippen molar-refractivity contribution in [2.75, 3.05) is 42.7 Å². The second-order valence-corrected chi connectivity index (χ2v) is 11.6. The number of benzene rings is 1. The van der Waals surface area contributed by atoms with E-state index in [1.807, 2.05) is 49.9 Å². The average molecular weight is 559 g/mol. The number of nitrogens with one attached hydrogen (secondary N) is 1. The number of anilines is 3. The maximum Gasteiger partial charge on any atom is 0.407 e. The Kier molecular flexibility index (Phi) is 6.65. The van der Waals surface area contributed by atoms with Gasteiger partial charge >= 0.3 is 6.09 Å². The monoisotopic (exact) mass is 559 g/mol. The van der Waals surface area contributed by atoms with Gasteiger partial charge in [0.25, 0.3) is 5.16 Å². The van der Waals surface area contributed by atoms with Crippen molar-refractivity contribution in [2.45, 2.75) is 31.3 Å². The van der Waals surface area contributed by atoms with Crippen LogP contribution in [0, 0.1) is 3.57 Å². The Morgan fingerprint density at radius 1 is 1.10 bits per heavy atom. The molecule has 0 aliphatic carbocycles. The largest absolute Gasteiger partial charge is 0.465 e. The number of piperazine rings is 1. The minimum Gasteiger partial charge on any atom is -0.465 e. The summed E-state index contributed by atoms with van der Waals surface area (Å²) < 4.78 is 25.8. The molecule has 0 bridgehead atoms. The number of carbonyl (C=O) groups is 1. The lowest BCUT2D eigenvalue weighted by Gasteiger charge is -2.37. The minimum absolute atomic E-state index is 0.260. The van der Waals surface area contributed by atoms with E-state index in [0.717, 1.165) is 21.1 Å². The lowest BCUT2D eigenvalue weighted by molar-refractivity contribution is 0.142. The van der Waals surface area contributed by atoms with E-state index in [1.54, 1.807) is 0 Å². The predicted molar refractivity (Wildman–Crippen MR) is 128 cm³/mol. The first-order valence-electron chi connectivity index (χ1n) is 9.74. The van der Waals surface area contributed by atoms with Crippen LogP contribution in [-0.2, 0) is 15.3 Å². The summed E-state index contributed by atoms with van der Waals surface area (Å²) in [7, 11) is -3.67. The van der Waals surface area contributed by atoms with Crippen molar-refractivity contribution in [2.24, 2.45) is 0 Å². The fourth-order valence-electron chi connectivity index (χ4n) is 3.38. The Morgan fingerprint density at radius 2 is 1.68 bits per heavy atom. The van der Waals surface area contributed by atoms with Crippen molar-refractivity contribution in [1.29, 1.82) is 0 Å². The number of amides is 1. The summed E-state index contributed by atoms with van der Waals surface area (Å²) >= 11 is 2.22. The molecule has 168 valence electrons. The molecule has 0 atom stereocenters. The van der Waals surface area contributed by atoms with Crippen LogP contribution in [0.4, 0.5) is 22.1 Å². The Balaban J connectivity index is 2.13. The quantitative estimate of drug-likeness (QED) is 0.433. The molecule has 0 saturated carbocycles. The Morgan fingerprint density at radius 3 is 2.16 bits per heavy atom. The molecule has 1 saturated heterocycles. The number of sulfone groups is 1. The molecule has 2 N–H and O–H groups in total. The Hall–Kier alpha value is -2.15. The van der Waals surface area contributed by atoms with Gasteiger partial charge in [0.1, 0.15) is 11.6 Å². The van der Waals surface area contributed by atoms with Gasteiger partial charge < -0.3 is 20.2 Å². The van der Waals surface area contributed by atoms with E-state index in [9.17, 15) is 18.3 Å². The van der Waals surface area contributed by atoms with E-state index in [-0.39, 0.29) is 5.16 Å². The van der Waals surface area contributed by atoms with Crippen LogP contribution in [0.5, 0.6) is 0 Å². The van der Waals surface area contributed by atoms with Gasteiger partial charge in [-0.1, -0.05) is 20.8 Å². The molecule has 1 aromatic carbocycles. The van der Waals surface area contributed by atoms with Crippen LogP contribution in [0.15, 0.2) is 29.4 Å². The Bertz CT molecular complexity index is 1080. The topological polar surface area (TPSA) is 116 Å². The molecule has 1 aliphatic rings. The summed E-state index contributed by atoms with van der Waals surface area (Å²) in [4.78, 5) is 23.4. The fourth-order valence-corrected chi connectivity index (χ4v) is 4.25. The lowest BCUT2D eigenvalue weighted by Crippen LogP contribution is -2.49. The van der Waals surface area contributed by atoms with Crippen molar-refractivity contribution >= 4 is 55.8 Å². The molecular formula is C20H26IN5O4S. The summed E-state index contributed by atoms with van der Waals surface area (Å²) in [5.41, 5.74) is 1.16. The number of carboxylic acid groups (broad SMARTS) is 1. The number of halogens is 1. The number of rotatable bonds is 4. The second kappa shape index (κ2) is 8.77. The van der Waals surface area contributed by atoms with E-state index in [0.29, 0.717) is 37.8 Å². The predicted octanol–water partition coefficient (Wildman–Crippen LogP) is 3.33. The van der Waals surface area contributed by atoms with Gasteiger partial charge in [0, 0.05) is 47.3 Å². The van der Waals surface area contributed by atoms with Gasteiger partial charge in [0.15, 0.2) is 0 Å². The first-order chi connectivity index (χ1) is 14.4. The van der Waals surface area contributed by atoms with E-state index in [2.05, 4.69) is 37.9 Å². The number of aromatic nitrogens is 2. The van der Waals surface area contributed by atoms with E-state index >= 15 is 0 Å². The molecule has 1 fully saturated rings. The van der Waals surface area contributed by atoms with E-state index in [1.165, 1.54) is 4.90 Å². The molecule has 1 aliphatic heterocycles. The van der Waals surface area contributed by atoms with E-state index in [4.69, 9.17) is 0 Å².